The van der Waals surface area contributed by atoms with E-state index in [1.54, 1.807) is 0 Å². The van der Waals surface area contributed by atoms with E-state index in [0.29, 0.717) is 15.6 Å². The Morgan fingerprint density at radius 3 is 2.33 bits per heavy atom. The monoisotopic (exact) mass is 359 g/mol. The number of aromatic nitrogens is 1. The number of rotatable bonds is 3. The first-order chi connectivity index (χ1) is 11.4. The lowest BCUT2D eigenvalue weighted by molar-refractivity contribution is -0.133. The average Bonchev–Trinajstić information content (AvgIpc) is 2.86. The third-order valence-corrected chi connectivity index (χ3v) is 4.50. The second kappa shape index (κ2) is 6.34. The van der Waals surface area contributed by atoms with Crippen LogP contribution in [0.1, 0.15) is 5.56 Å². The minimum atomic E-state index is -0.474. The number of methoxy groups -OCH3 is 1. The maximum Gasteiger partial charge on any atom is 0.337 e. The van der Waals surface area contributed by atoms with Gasteiger partial charge in [0.1, 0.15) is 0 Å². The van der Waals surface area contributed by atoms with Gasteiger partial charge < -0.3 is 9.30 Å². The van der Waals surface area contributed by atoms with Crippen LogP contribution in [0.25, 0.3) is 27.7 Å². The number of carbonyl (C=O) groups is 1. The third-order valence-electron chi connectivity index (χ3n) is 4.01. The molecule has 0 spiro atoms. The summed E-state index contributed by atoms with van der Waals surface area (Å²) in [6.07, 6.45) is 0. The summed E-state index contributed by atoms with van der Waals surface area (Å²) in [5, 5.41) is 2.09. The molecule has 0 radical (unpaired) electrons. The van der Waals surface area contributed by atoms with Gasteiger partial charge in [-0.3, -0.25) is 0 Å². The van der Waals surface area contributed by atoms with Gasteiger partial charge in [0.2, 0.25) is 0 Å². The minimum Gasteiger partial charge on any atom is -0.465 e. The number of ether oxygens (including phenoxy) is 1. The standard InChI is InChI=1S/C19H15Cl2NO2/c1-11(19(23)24-3)17-15-10-14(21)8-9-16(15)22(2)18(17)12-4-6-13(20)7-5-12/h4-10H,1H2,2-3H3. The molecule has 0 atom stereocenters. The molecule has 1 aromatic heterocycles. The Morgan fingerprint density at radius 2 is 1.71 bits per heavy atom. The molecular weight excluding hydrogens is 345 g/mol. The van der Waals surface area contributed by atoms with Gasteiger partial charge in [0, 0.05) is 33.6 Å². The zero-order chi connectivity index (χ0) is 17.4. The van der Waals surface area contributed by atoms with E-state index in [2.05, 4.69) is 6.58 Å². The molecule has 3 rings (SSSR count). The first-order valence-corrected chi connectivity index (χ1v) is 8.01. The van der Waals surface area contributed by atoms with Gasteiger partial charge in [0.15, 0.2) is 0 Å². The predicted octanol–water partition coefficient (Wildman–Crippen LogP) is 5.34. The number of nitrogens with zero attached hydrogens (tertiary/aromatic N) is 1. The molecule has 0 aliphatic carbocycles. The number of halogens is 2. The lowest BCUT2D eigenvalue weighted by Crippen LogP contribution is -2.04. The SMILES string of the molecule is C=C(C(=O)OC)c1c(-c2ccc(Cl)cc2)n(C)c2ccc(Cl)cc12. The van der Waals surface area contributed by atoms with Gasteiger partial charge >= 0.3 is 5.97 Å². The second-order valence-electron chi connectivity index (χ2n) is 5.42. The minimum absolute atomic E-state index is 0.287. The van der Waals surface area contributed by atoms with Gasteiger partial charge in [0.25, 0.3) is 0 Å². The molecule has 0 aliphatic rings. The maximum absolute atomic E-state index is 12.1. The first-order valence-electron chi connectivity index (χ1n) is 7.25. The highest BCUT2D eigenvalue weighted by molar-refractivity contribution is 6.32. The molecule has 2 aromatic carbocycles. The van der Waals surface area contributed by atoms with Crippen LogP contribution in [0.3, 0.4) is 0 Å². The summed E-state index contributed by atoms with van der Waals surface area (Å²) < 4.78 is 6.88. The van der Waals surface area contributed by atoms with Crippen LogP contribution in [0.15, 0.2) is 49.0 Å². The van der Waals surface area contributed by atoms with Crippen molar-refractivity contribution in [2.75, 3.05) is 7.11 Å². The lowest BCUT2D eigenvalue weighted by Gasteiger charge is -2.10. The van der Waals surface area contributed by atoms with Crippen LogP contribution in [0, 0.1) is 0 Å². The molecule has 24 heavy (non-hydrogen) atoms. The molecule has 3 aromatic rings. The molecule has 5 heteroatoms. The second-order valence-corrected chi connectivity index (χ2v) is 6.29. The van der Waals surface area contributed by atoms with Gasteiger partial charge in [-0.2, -0.15) is 0 Å². The molecule has 0 fully saturated rings. The molecule has 122 valence electrons. The molecule has 0 bridgehead atoms. The van der Waals surface area contributed by atoms with Crippen LogP contribution in [-0.2, 0) is 16.6 Å². The van der Waals surface area contributed by atoms with Crippen LogP contribution >= 0.6 is 23.2 Å². The normalized spacial score (nSPS) is 10.8. The molecule has 0 amide bonds. The van der Waals surface area contributed by atoms with Crippen molar-refractivity contribution in [2.24, 2.45) is 7.05 Å². The van der Waals surface area contributed by atoms with Crippen molar-refractivity contribution in [3.05, 3.63) is 64.7 Å². The van der Waals surface area contributed by atoms with Gasteiger partial charge in [-0.25, -0.2) is 4.79 Å². The van der Waals surface area contributed by atoms with Crippen LogP contribution in [0.4, 0.5) is 0 Å². The van der Waals surface area contributed by atoms with Gasteiger partial charge in [0.05, 0.1) is 18.4 Å². The van der Waals surface area contributed by atoms with Crippen molar-refractivity contribution in [3.8, 4) is 11.3 Å². The summed E-state index contributed by atoms with van der Waals surface area (Å²) in [6.45, 7) is 3.94. The number of hydrogen-bond acceptors (Lipinski definition) is 2. The number of esters is 1. The maximum atomic E-state index is 12.1. The highest BCUT2D eigenvalue weighted by Crippen LogP contribution is 2.38. The van der Waals surface area contributed by atoms with Crippen LogP contribution in [0.5, 0.6) is 0 Å². The molecule has 0 saturated carbocycles. The Bertz CT molecular complexity index is 956. The van der Waals surface area contributed by atoms with Crippen molar-refractivity contribution >= 4 is 45.6 Å². The number of carbonyl (C=O) groups excluding carboxylic acids is 1. The fraction of sp³-hybridized carbons (Fsp3) is 0.105. The van der Waals surface area contributed by atoms with E-state index >= 15 is 0 Å². The zero-order valence-electron chi connectivity index (χ0n) is 13.3. The van der Waals surface area contributed by atoms with E-state index in [-0.39, 0.29) is 5.57 Å². The first kappa shape index (κ1) is 16.6. The topological polar surface area (TPSA) is 31.2 Å². The summed E-state index contributed by atoms with van der Waals surface area (Å²) in [6, 6.07) is 13.0. The summed E-state index contributed by atoms with van der Waals surface area (Å²) >= 11 is 12.2. The van der Waals surface area contributed by atoms with E-state index < -0.39 is 5.97 Å². The average molecular weight is 360 g/mol. The number of fused-ring (bicyclic) bond motifs is 1. The smallest absolute Gasteiger partial charge is 0.337 e. The fourth-order valence-corrected chi connectivity index (χ4v) is 3.19. The summed E-state index contributed by atoms with van der Waals surface area (Å²) in [7, 11) is 3.28. The molecule has 0 aliphatic heterocycles. The molecule has 1 heterocycles. The molecule has 3 nitrogen and oxygen atoms in total. The van der Waals surface area contributed by atoms with Crippen LogP contribution in [-0.4, -0.2) is 17.6 Å². The lowest BCUT2D eigenvalue weighted by atomic mass is 9.99. The van der Waals surface area contributed by atoms with Gasteiger partial charge in [-0.1, -0.05) is 41.9 Å². The highest BCUT2D eigenvalue weighted by atomic mass is 35.5. The van der Waals surface area contributed by atoms with Crippen LogP contribution in [0.2, 0.25) is 10.0 Å². The summed E-state index contributed by atoms with van der Waals surface area (Å²) in [5.41, 5.74) is 3.73. The highest BCUT2D eigenvalue weighted by Gasteiger charge is 2.23. The van der Waals surface area contributed by atoms with Crippen molar-refractivity contribution in [1.29, 1.82) is 0 Å². The Hall–Kier alpha value is -2.23. The Morgan fingerprint density at radius 1 is 1.08 bits per heavy atom. The van der Waals surface area contributed by atoms with E-state index in [1.807, 2.05) is 54.1 Å². The summed E-state index contributed by atoms with van der Waals surface area (Å²) in [5.74, 6) is -0.474. The largest absolute Gasteiger partial charge is 0.465 e. The van der Waals surface area contributed by atoms with E-state index in [4.69, 9.17) is 27.9 Å². The third kappa shape index (κ3) is 2.70. The predicted molar refractivity (Wildman–Crippen MR) is 99.4 cm³/mol. The fourth-order valence-electron chi connectivity index (χ4n) is 2.89. The van der Waals surface area contributed by atoms with Crippen molar-refractivity contribution in [1.82, 2.24) is 4.57 Å². The number of hydrogen-bond donors (Lipinski definition) is 0. The molecule has 0 unspecified atom stereocenters. The van der Waals surface area contributed by atoms with Crippen LogP contribution < -0.4 is 0 Å². The Kier molecular flexibility index (Phi) is 4.39. The number of aryl methyl sites for hydroxylation is 1. The van der Waals surface area contributed by atoms with E-state index in [0.717, 1.165) is 22.2 Å². The van der Waals surface area contributed by atoms with E-state index in [9.17, 15) is 4.79 Å². The Balaban J connectivity index is 2.38. The summed E-state index contributed by atoms with van der Waals surface area (Å²) in [4.78, 5) is 12.1. The van der Waals surface area contributed by atoms with Gasteiger partial charge in [-0.15, -0.1) is 0 Å². The quantitative estimate of drug-likeness (QED) is 0.466. The molecular formula is C19H15Cl2NO2. The Labute approximate surface area is 150 Å². The molecule has 0 N–H and O–H groups in total. The van der Waals surface area contributed by atoms with E-state index in [1.165, 1.54) is 7.11 Å². The van der Waals surface area contributed by atoms with Crippen molar-refractivity contribution in [2.45, 2.75) is 0 Å². The zero-order valence-corrected chi connectivity index (χ0v) is 14.8. The van der Waals surface area contributed by atoms with Gasteiger partial charge in [-0.05, 0) is 35.9 Å². The van der Waals surface area contributed by atoms with Crippen molar-refractivity contribution < 1.29 is 9.53 Å². The van der Waals surface area contributed by atoms with Crippen molar-refractivity contribution in [3.63, 3.8) is 0 Å². The molecule has 0 saturated heterocycles. The number of benzene rings is 2.